The minimum absolute atomic E-state index is 0.0934. The normalized spacial score (nSPS) is 24.2. The van der Waals surface area contributed by atoms with Crippen molar-refractivity contribution >= 4 is 27.6 Å². The fraction of sp³-hybridized carbons (Fsp3) is 0.316. The molecule has 1 saturated heterocycles. The van der Waals surface area contributed by atoms with E-state index in [0.717, 1.165) is 21.3 Å². The molecule has 2 aromatic carbocycles. The number of hydrogen-bond acceptors (Lipinski definition) is 3. The van der Waals surface area contributed by atoms with Gasteiger partial charge in [-0.1, -0.05) is 28.1 Å². The zero-order chi connectivity index (χ0) is 17.8. The van der Waals surface area contributed by atoms with Crippen molar-refractivity contribution in [3.8, 4) is 11.5 Å². The molecule has 0 aromatic heterocycles. The highest BCUT2D eigenvalue weighted by atomic mass is 79.9. The summed E-state index contributed by atoms with van der Waals surface area (Å²) in [6, 6.07) is 11.4. The summed E-state index contributed by atoms with van der Waals surface area (Å²) in [5.74, 6) is 1.37. The fourth-order valence-corrected chi connectivity index (χ4v) is 3.93. The topological polar surface area (TPSA) is 50.8 Å². The number of nitrogens with one attached hydrogen (secondary N) is 1. The summed E-state index contributed by atoms with van der Waals surface area (Å²) >= 11 is 3.51. The van der Waals surface area contributed by atoms with Gasteiger partial charge in [0.25, 0.3) is 0 Å². The molecule has 2 atom stereocenters. The lowest BCUT2D eigenvalue weighted by Gasteiger charge is -2.50. The summed E-state index contributed by atoms with van der Waals surface area (Å²) in [6.07, 6.45) is 0.661. The number of aryl methyl sites for hydroxylation is 1. The molecule has 25 heavy (non-hydrogen) atoms. The predicted molar refractivity (Wildman–Crippen MR) is 99.3 cm³/mol. The molecule has 2 aliphatic heterocycles. The highest BCUT2D eigenvalue weighted by molar-refractivity contribution is 9.10. The fourth-order valence-electron chi connectivity index (χ4n) is 3.68. The van der Waals surface area contributed by atoms with Crippen molar-refractivity contribution in [2.75, 3.05) is 12.0 Å². The van der Waals surface area contributed by atoms with E-state index in [2.05, 4.69) is 21.2 Å². The number of fused-ring (bicyclic) bond motifs is 4. The summed E-state index contributed by atoms with van der Waals surface area (Å²) in [5, 5.41) is 3.10. The molecular weight excluding hydrogens is 384 g/mol. The zero-order valence-corrected chi connectivity index (χ0v) is 15.9. The monoisotopic (exact) mass is 402 g/mol. The first-order chi connectivity index (χ1) is 11.9. The summed E-state index contributed by atoms with van der Waals surface area (Å²) in [5.41, 5.74) is 2.04. The molecule has 2 heterocycles. The number of carbonyl (C=O) groups excluding carboxylic acids is 1. The molecule has 2 amide bonds. The van der Waals surface area contributed by atoms with Crippen molar-refractivity contribution in [2.24, 2.45) is 0 Å². The Kier molecular flexibility index (Phi) is 3.68. The van der Waals surface area contributed by atoms with E-state index in [1.54, 1.807) is 12.0 Å². The third-order valence-electron chi connectivity index (χ3n) is 4.88. The lowest BCUT2D eigenvalue weighted by molar-refractivity contribution is 0.0349. The van der Waals surface area contributed by atoms with E-state index in [4.69, 9.17) is 9.47 Å². The largest absolute Gasteiger partial charge is 0.493 e. The number of para-hydroxylation sites is 1. The number of benzene rings is 2. The average molecular weight is 403 g/mol. The number of amides is 2. The van der Waals surface area contributed by atoms with Gasteiger partial charge in [0, 0.05) is 22.1 Å². The van der Waals surface area contributed by atoms with Gasteiger partial charge in [-0.2, -0.15) is 0 Å². The molecule has 1 N–H and O–H groups in total. The first-order valence-electron chi connectivity index (χ1n) is 8.16. The lowest BCUT2D eigenvalue weighted by atomic mass is 9.90. The van der Waals surface area contributed by atoms with Crippen LogP contribution in [-0.4, -0.2) is 18.9 Å². The Morgan fingerprint density at radius 2 is 2.16 bits per heavy atom. The summed E-state index contributed by atoms with van der Waals surface area (Å²) in [7, 11) is 1.63. The standard InChI is InChI=1S/C19H19BrN2O3/c1-11-9-12(7-8-14(11)20)22-18(23)21-15-10-19(22,2)25-17-13(15)5-4-6-16(17)24-3/h4-9,15H,10H2,1-3H3,(H,21,23). The Morgan fingerprint density at radius 3 is 2.88 bits per heavy atom. The van der Waals surface area contributed by atoms with Crippen molar-refractivity contribution < 1.29 is 14.3 Å². The molecule has 0 radical (unpaired) electrons. The third kappa shape index (κ3) is 2.47. The molecule has 1 fully saturated rings. The maximum absolute atomic E-state index is 12.9. The first-order valence-corrected chi connectivity index (χ1v) is 8.95. The van der Waals surface area contributed by atoms with Crippen LogP contribution < -0.4 is 19.7 Å². The van der Waals surface area contributed by atoms with Crippen molar-refractivity contribution in [3.63, 3.8) is 0 Å². The van der Waals surface area contributed by atoms with Crippen LogP contribution in [0.1, 0.15) is 30.5 Å². The quantitative estimate of drug-likeness (QED) is 0.802. The zero-order valence-electron chi connectivity index (χ0n) is 14.3. The van der Waals surface area contributed by atoms with Crippen LogP contribution in [0.5, 0.6) is 11.5 Å². The number of hydrogen-bond donors (Lipinski definition) is 1. The number of methoxy groups -OCH3 is 1. The summed E-state index contributed by atoms with van der Waals surface area (Å²) in [6.45, 7) is 3.95. The Bertz CT molecular complexity index is 870. The van der Waals surface area contributed by atoms with Crippen LogP contribution in [-0.2, 0) is 0 Å². The van der Waals surface area contributed by atoms with Crippen LogP contribution >= 0.6 is 15.9 Å². The molecule has 0 saturated carbocycles. The molecule has 2 aliphatic rings. The number of anilines is 1. The van der Waals surface area contributed by atoms with E-state index in [0.29, 0.717) is 17.9 Å². The van der Waals surface area contributed by atoms with Crippen molar-refractivity contribution in [3.05, 3.63) is 52.0 Å². The molecular formula is C19H19BrN2O3. The molecule has 130 valence electrons. The predicted octanol–water partition coefficient (Wildman–Crippen LogP) is 4.54. The van der Waals surface area contributed by atoms with Crippen LogP contribution in [0.4, 0.5) is 10.5 Å². The van der Waals surface area contributed by atoms with Gasteiger partial charge in [0.15, 0.2) is 17.2 Å². The number of nitrogens with zero attached hydrogens (tertiary/aromatic N) is 1. The minimum atomic E-state index is -0.783. The van der Waals surface area contributed by atoms with Crippen LogP contribution in [0.25, 0.3) is 0 Å². The summed E-state index contributed by atoms with van der Waals surface area (Å²) in [4.78, 5) is 14.6. The molecule has 2 aromatic rings. The van der Waals surface area contributed by atoms with Crippen LogP contribution in [0, 0.1) is 6.92 Å². The average Bonchev–Trinajstić information content (AvgIpc) is 2.57. The lowest BCUT2D eigenvalue weighted by Crippen LogP contribution is -2.65. The molecule has 4 rings (SSSR count). The van der Waals surface area contributed by atoms with E-state index in [1.807, 2.05) is 50.2 Å². The highest BCUT2D eigenvalue weighted by Gasteiger charge is 2.50. The van der Waals surface area contributed by atoms with Crippen LogP contribution in [0.3, 0.4) is 0 Å². The van der Waals surface area contributed by atoms with Gasteiger partial charge in [0.2, 0.25) is 0 Å². The molecule has 2 bridgehead atoms. The smallest absolute Gasteiger partial charge is 0.325 e. The van der Waals surface area contributed by atoms with E-state index in [9.17, 15) is 4.79 Å². The van der Waals surface area contributed by atoms with Gasteiger partial charge in [-0.05, 0) is 43.7 Å². The van der Waals surface area contributed by atoms with Crippen molar-refractivity contribution in [2.45, 2.75) is 32.0 Å². The van der Waals surface area contributed by atoms with E-state index in [-0.39, 0.29) is 12.1 Å². The maximum atomic E-state index is 12.9. The van der Waals surface area contributed by atoms with Gasteiger partial charge in [-0.15, -0.1) is 0 Å². The molecule has 2 unspecified atom stereocenters. The molecule has 0 aliphatic carbocycles. The molecule has 5 nitrogen and oxygen atoms in total. The highest BCUT2D eigenvalue weighted by Crippen LogP contribution is 2.49. The minimum Gasteiger partial charge on any atom is -0.493 e. The second-order valence-electron chi connectivity index (χ2n) is 6.63. The van der Waals surface area contributed by atoms with Gasteiger partial charge >= 0.3 is 6.03 Å². The van der Waals surface area contributed by atoms with Gasteiger partial charge in [0.05, 0.1) is 13.2 Å². The Balaban J connectivity index is 1.82. The number of rotatable bonds is 2. The molecule has 6 heteroatoms. The van der Waals surface area contributed by atoms with Gasteiger partial charge in [-0.3, -0.25) is 4.90 Å². The van der Waals surface area contributed by atoms with E-state index in [1.165, 1.54) is 0 Å². The number of halogens is 1. The SMILES string of the molecule is COc1cccc2c1OC1(C)CC2NC(=O)N1c1ccc(Br)c(C)c1. The van der Waals surface area contributed by atoms with Crippen LogP contribution in [0.2, 0.25) is 0 Å². The number of ether oxygens (including phenoxy) is 2. The van der Waals surface area contributed by atoms with Crippen LogP contribution in [0.15, 0.2) is 40.9 Å². The number of carbonyl (C=O) groups is 1. The van der Waals surface area contributed by atoms with E-state index < -0.39 is 5.72 Å². The maximum Gasteiger partial charge on any atom is 0.325 e. The van der Waals surface area contributed by atoms with Gasteiger partial charge in [-0.25, -0.2) is 4.79 Å². The Labute approximate surface area is 155 Å². The van der Waals surface area contributed by atoms with Crippen molar-refractivity contribution in [1.82, 2.24) is 5.32 Å². The molecule has 0 spiro atoms. The van der Waals surface area contributed by atoms with Gasteiger partial charge in [0.1, 0.15) is 0 Å². The second-order valence-corrected chi connectivity index (χ2v) is 7.49. The second kappa shape index (κ2) is 5.66. The van der Waals surface area contributed by atoms with Crippen molar-refractivity contribution in [1.29, 1.82) is 0 Å². The Morgan fingerprint density at radius 1 is 1.36 bits per heavy atom. The Hall–Kier alpha value is -2.21. The third-order valence-corrected chi connectivity index (χ3v) is 5.77. The first kappa shape index (κ1) is 16.3. The summed E-state index contributed by atoms with van der Waals surface area (Å²) < 4.78 is 12.8. The van der Waals surface area contributed by atoms with Gasteiger partial charge < -0.3 is 14.8 Å². The van der Waals surface area contributed by atoms with E-state index >= 15 is 0 Å². The number of urea groups is 1.